The lowest BCUT2D eigenvalue weighted by Gasteiger charge is -2.14. The molecule has 11 heteroatoms. The summed E-state index contributed by atoms with van der Waals surface area (Å²) in [6, 6.07) is 8.56. The van der Waals surface area contributed by atoms with Crippen LogP contribution < -0.4 is 10.0 Å². The van der Waals surface area contributed by atoms with Gasteiger partial charge in [-0.05, 0) is 67.1 Å². The Hall–Kier alpha value is -3.08. The molecule has 7 nitrogen and oxygen atoms in total. The van der Waals surface area contributed by atoms with Crippen LogP contribution in [0.4, 0.5) is 24.7 Å². The summed E-state index contributed by atoms with van der Waals surface area (Å²) < 4.78 is 63.6. The van der Waals surface area contributed by atoms with Crippen LogP contribution in [0.15, 0.2) is 36.5 Å². The number of alkyl halides is 3. The number of aryl methyl sites for hydroxylation is 1. The smallest absolute Gasteiger partial charge is 0.346 e. The van der Waals surface area contributed by atoms with Crippen LogP contribution in [0, 0.1) is 12.8 Å². The van der Waals surface area contributed by atoms with Gasteiger partial charge in [0.05, 0.1) is 5.75 Å². The standard InChI is InChI=1S/C22H23F3N4O3S/c1-13-11-15(29-33(31,32)10-2-8-22(23,24)25)5-6-16(13)18-12-19(28-21(30)14-3-4-14)27-20-17(18)7-9-26-20/h5-7,9,11-12,14,29H,2-4,8,10H2,1H3,(H2,26,27,28,30). The minimum Gasteiger partial charge on any atom is -0.346 e. The van der Waals surface area contributed by atoms with Crippen molar-refractivity contribution in [2.24, 2.45) is 5.92 Å². The number of amides is 1. The highest BCUT2D eigenvalue weighted by molar-refractivity contribution is 7.92. The van der Waals surface area contributed by atoms with E-state index in [0.29, 0.717) is 11.5 Å². The van der Waals surface area contributed by atoms with Crippen molar-refractivity contribution in [2.75, 3.05) is 15.8 Å². The third-order valence-electron chi connectivity index (χ3n) is 5.39. The number of hydrogen-bond donors (Lipinski definition) is 3. The van der Waals surface area contributed by atoms with Gasteiger partial charge in [0.2, 0.25) is 15.9 Å². The molecule has 2 aromatic heterocycles. The van der Waals surface area contributed by atoms with E-state index in [4.69, 9.17) is 0 Å². The first-order valence-corrected chi connectivity index (χ1v) is 12.1. The van der Waals surface area contributed by atoms with E-state index in [0.717, 1.165) is 34.9 Å². The number of H-pyrrole nitrogens is 1. The summed E-state index contributed by atoms with van der Waals surface area (Å²) in [4.78, 5) is 19.7. The lowest BCUT2D eigenvalue weighted by molar-refractivity contribution is -0.134. The summed E-state index contributed by atoms with van der Waals surface area (Å²) in [5, 5.41) is 3.68. The zero-order valence-corrected chi connectivity index (χ0v) is 18.6. The van der Waals surface area contributed by atoms with Crippen LogP contribution in [0.1, 0.15) is 31.2 Å². The molecule has 1 aliphatic rings. The summed E-state index contributed by atoms with van der Waals surface area (Å²) >= 11 is 0. The number of benzene rings is 1. The van der Waals surface area contributed by atoms with E-state index in [-0.39, 0.29) is 17.5 Å². The van der Waals surface area contributed by atoms with Gasteiger partial charge in [0.25, 0.3) is 0 Å². The van der Waals surface area contributed by atoms with Gasteiger partial charge in [-0.2, -0.15) is 13.2 Å². The maximum absolute atomic E-state index is 12.3. The molecule has 0 spiro atoms. The highest BCUT2D eigenvalue weighted by Crippen LogP contribution is 2.35. The third-order valence-corrected chi connectivity index (χ3v) is 6.76. The van der Waals surface area contributed by atoms with Crippen molar-refractivity contribution in [1.82, 2.24) is 9.97 Å². The average molecular weight is 481 g/mol. The number of anilines is 2. The van der Waals surface area contributed by atoms with Crippen molar-refractivity contribution in [1.29, 1.82) is 0 Å². The Kier molecular flexibility index (Phi) is 6.08. The Bertz CT molecular complexity index is 1300. The van der Waals surface area contributed by atoms with Crippen molar-refractivity contribution in [3.63, 3.8) is 0 Å². The lowest BCUT2D eigenvalue weighted by Crippen LogP contribution is -2.19. The number of rotatable bonds is 8. The third kappa shape index (κ3) is 5.84. The molecule has 0 aliphatic heterocycles. The SMILES string of the molecule is Cc1cc(NS(=O)(=O)CCCC(F)(F)F)ccc1-c1cc(NC(=O)C2CC2)nc2[nH]ccc12. The van der Waals surface area contributed by atoms with Gasteiger partial charge < -0.3 is 10.3 Å². The molecule has 1 aromatic carbocycles. The summed E-state index contributed by atoms with van der Waals surface area (Å²) in [6.45, 7) is 1.80. The van der Waals surface area contributed by atoms with Gasteiger partial charge in [-0.3, -0.25) is 9.52 Å². The molecule has 4 rings (SSSR count). The first-order chi connectivity index (χ1) is 15.5. The van der Waals surface area contributed by atoms with Crippen molar-refractivity contribution in [3.05, 3.63) is 42.1 Å². The molecule has 1 aliphatic carbocycles. The molecule has 0 bridgehead atoms. The molecule has 0 unspecified atom stereocenters. The first kappa shape index (κ1) is 23.1. The van der Waals surface area contributed by atoms with E-state index in [2.05, 4.69) is 20.0 Å². The van der Waals surface area contributed by atoms with E-state index in [9.17, 15) is 26.4 Å². The molecular weight excluding hydrogens is 457 g/mol. The number of aromatic nitrogens is 2. The molecule has 1 amide bonds. The molecular formula is C22H23F3N4O3S. The topological polar surface area (TPSA) is 104 Å². The molecule has 33 heavy (non-hydrogen) atoms. The molecule has 0 radical (unpaired) electrons. The minimum absolute atomic E-state index is 0.0276. The second-order valence-electron chi connectivity index (χ2n) is 8.23. The van der Waals surface area contributed by atoms with Crippen molar-refractivity contribution >= 4 is 38.5 Å². The number of aromatic amines is 1. The number of carbonyl (C=O) groups excluding carboxylic acids is 1. The molecule has 1 fully saturated rings. The van der Waals surface area contributed by atoms with Crippen LogP contribution in [0.3, 0.4) is 0 Å². The number of fused-ring (bicyclic) bond motifs is 1. The Morgan fingerprint density at radius 1 is 1.18 bits per heavy atom. The predicted molar refractivity (Wildman–Crippen MR) is 120 cm³/mol. The molecule has 0 saturated heterocycles. The van der Waals surface area contributed by atoms with Gasteiger partial charge in [-0.1, -0.05) is 6.07 Å². The quantitative estimate of drug-likeness (QED) is 0.423. The number of nitrogens with one attached hydrogen (secondary N) is 3. The first-order valence-electron chi connectivity index (χ1n) is 10.5. The van der Waals surface area contributed by atoms with Gasteiger partial charge >= 0.3 is 6.18 Å². The summed E-state index contributed by atoms with van der Waals surface area (Å²) in [6.07, 6.45) is -2.56. The van der Waals surface area contributed by atoms with E-state index < -0.39 is 34.8 Å². The van der Waals surface area contributed by atoms with Crippen molar-refractivity contribution in [3.8, 4) is 11.1 Å². The zero-order valence-electron chi connectivity index (χ0n) is 17.8. The number of hydrogen-bond acceptors (Lipinski definition) is 4. The Balaban J connectivity index is 1.56. The highest BCUT2D eigenvalue weighted by atomic mass is 32.2. The van der Waals surface area contributed by atoms with Crippen LogP contribution in [-0.2, 0) is 14.8 Å². The molecule has 3 N–H and O–H groups in total. The van der Waals surface area contributed by atoms with Crippen molar-refractivity contribution < 1.29 is 26.4 Å². The predicted octanol–water partition coefficient (Wildman–Crippen LogP) is 4.97. The second kappa shape index (κ2) is 8.69. The van der Waals surface area contributed by atoms with Gasteiger partial charge in [0.15, 0.2) is 0 Å². The molecule has 0 atom stereocenters. The van der Waals surface area contributed by atoms with E-state index in [1.807, 2.05) is 6.07 Å². The maximum atomic E-state index is 12.3. The van der Waals surface area contributed by atoms with Crippen LogP contribution >= 0.6 is 0 Å². The maximum Gasteiger partial charge on any atom is 0.389 e. The van der Waals surface area contributed by atoms with E-state index in [1.165, 1.54) is 0 Å². The monoisotopic (exact) mass is 480 g/mol. The molecule has 3 aromatic rings. The van der Waals surface area contributed by atoms with Crippen molar-refractivity contribution in [2.45, 2.75) is 38.8 Å². The van der Waals surface area contributed by atoms with Gasteiger partial charge in [0, 0.05) is 29.6 Å². The van der Waals surface area contributed by atoms with Crippen LogP contribution in [-0.4, -0.2) is 36.2 Å². The van der Waals surface area contributed by atoms with Gasteiger partial charge in [0.1, 0.15) is 11.5 Å². The fourth-order valence-corrected chi connectivity index (χ4v) is 4.73. The van der Waals surface area contributed by atoms with Crippen LogP contribution in [0.2, 0.25) is 0 Å². The van der Waals surface area contributed by atoms with E-state index >= 15 is 0 Å². The number of halogens is 3. The molecule has 176 valence electrons. The zero-order chi connectivity index (χ0) is 23.8. The number of pyridine rings is 1. The fraction of sp³-hybridized carbons (Fsp3) is 0.364. The average Bonchev–Trinajstić information content (AvgIpc) is 3.44. The molecule has 1 saturated carbocycles. The largest absolute Gasteiger partial charge is 0.389 e. The Labute approximate surface area is 188 Å². The van der Waals surface area contributed by atoms with Crippen LogP contribution in [0.5, 0.6) is 0 Å². The summed E-state index contributed by atoms with van der Waals surface area (Å²) in [5.41, 5.74) is 3.24. The highest BCUT2D eigenvalue weighted by Gasteiger charge is 2.30. The van der Waals surface area contributed by atoms with E-state index in [1.54, 1.807) is 37.4 Å². The van der Waals surface area contributed by atoms with Crippen LogP contribution in [0.25, 0.3) is 22.2 Å². The lowest BCUT2D eigenvalue weighted by atomic mass is 9.98. The normalized spacial score (nSPS) is 14.4. The van der Waals surface area contributed by atoms with Gasteiger partial charge in [-0.25, -0.2) is 13.4 Å². The fourth-order valence-electron chi connectivity index (χ4n) is 3.62. The minimum atomic E-state index is -4.39. The Morgan fingerprint density at radius 3 is 2.61 bits per heavy atom. The summed E-state index contributed by atoms with van der Waals surface area (Å²) in [5.74, 6) is -0.233. The van der Waals surface area contributed by atoms with Gasteiger partial charge in [-0.15, -0.1) is 0 Å². The number of sulfonamides is 1. The Morgan fingerprint density at radius 2 is 1.94 bits per heavy atom. The molecule has 2 heterocycles. The number of nitrogens with zero attached hydrogens (tertiary/aromatic N) is 1. The second-order valence-corrected chi connectivity index (χ2v) is 10.1. The number of carbonyl (C=O) groups is 1. The summed E-state index contributed by atoms with van der Waals surface area (Å²) in [7, 11) is -3.91.